The lowest BCUT2D eigenvalue weighted by molar-refractivity contribution is -0.118. The zero-order valence-electron chi connectivity index (χ0n) is 11.6. The van der Waals surface area contributed by atoms with Crippen LogP contribution >= 0.6 is 0 Å². The maximum Gasteiger partial charge on any atom is 0.387 e. The van der Waals surface area contributed by atoms with Crippen LogP contribution in [-0.2, 0) is 4.79 Å². The van der Waals surface area contributed by atoms with Crippen molar-refractivity contribution in [3.8, 4) is 11.5 Å². The molecule has 0 atom stereocenters. The predicted octanol–water partition coefficient (Wildman–Crippen LogP) is 3.58. The normalized spacial score (nSPS) is 10.5. The molecule has 0 spiro atoms. The number of anilines is 1. The van der Waals surface area contributed by atoms with Crippen molar-refractivity contribution < 1.29 is 31.8 Å². The molecule has 4 nitrogen and oxygen atoms in total. The molecule has 0 aliphatic heterocycles. The number of ether oxygens (including phenoxy) is 2. The first-order valence-corrected chi connectivity index (χ1v) is 6.37. The van der Waals surface area contributed by atoms with Gasteiger partial charge in [-0.15, -0.1) is 0 Å². The number of alkyl halides is 2. The lowest BCUT2D eigenvalue weighted by Crippen LogP contribution is -2.21. The van der Waals surface area contributed by atoms with Crippen molar-refractivity contribution in [2.75, 3.05) is 11.9 Å². The molecular formula is C15H11F4NO3. The molecule has 0 saturated heterocycles. The number of carbonyl (C=O) groups excluding carboxylic acids is 1. The molecule has 1 amide bonds. The first kappa shape index (κ1) is 16.6. The Morgan fingerprint density at radius 2 is 1.83 bits per heavy atom. The molecule has 0 heterocycles. The molecule has 122 valence electrons. The van der Waals surface area contributed by atoms with Crippen LogP contribution in [0.3, 0.4) is 0 Å². The summed E-state index contributed by atoms with van der Waals surface area (Å²) in [5.74, 6) is -2.99. The van der Waals surface area contributed by atoms with Crippen molar-refractivity contribution >= 4 is 11.6 Å². The van der Waals surface area contributed by atoms with E-state index in [1.54, 1.807) is 0 Å². The highest BCUT2D eigenvalue weighted by Gasteiger charge is 2.13. The zero-order valence-corrected chi connectivity index (χ0v) is 11.6. The number of amides is 1. The van der Waals surface area contributed by atoms with E-state index >= 15 is 0 Å². The van der Waals surface area contributed by atoms with E-state index in [1.807, 2.05) is 0 Å². The van der Waals surface area contributed by atoms with Gasteiger partial charge in [0.1, 0.15) is 11.6 Å². The van der Waals surface area contributed by atoms with Gasteiger partial charge >= 0.3 is 6.61 Å². The number of carbonyl (C=O) groups is 1. The Balaban J connectivity index is 1.97. The highest BCUT2D eigenvalue weighted by molar-refractivity contribution is 5.93. The molecule has 0 saturated carbocycles. The highest BCUT2D eigenvalue weighted by atomic mass is 19.3. The number of rotatable bonds is 6. The molecule has 8 heteroatoms. The first-order chi connectivity index (χ1) is 11.0. The van der Waals surface area contributed by atoms with Gasteiger partial charge in [-0.2, -0.15) is 8.78 Å². The van der Waals surface area contributed by atoms with Gasteiger partial charge in [0.05, 0.1) is 5.69 Å². The summed E-state index contributed by atoms with van der Waals surface area (Å²) in [7, 11) is 0. The fraction of sp³-hybridized carbons (Fsp3) is 0.133. The summed E-state index contributed by atoms with van der Waals surface area (Å²) < 4.78 is 59.7. The predicted molar refractivity (Wildman–Crippen MR) is 73.6 cm³/mol. The van der Waals surface area contributed by atoms with Crippen molar-refractivity contribution in [3.63, 3.8) is 0 Å². The van der Waals surface area contributed by atoms with Crippen LogP contribution in [0.4, 0.5) is 23.2 Å². The van der Waals surface area contributed by atoms with Crippen LogP contribution in [0.5, 0.6) is 11.5 Å². The second-order valence-corrected chi connectivity index (χ2v) is 4.29. The summed E-state index contributed by atoms with van der Waals surface area (Å²) in [5.41, 5.74) is 0.0148. The molecule has 1 N–H and O–H groups in total. The second kappa shape index (κ2) is 7.48. The average molecular weight is 329 g/mol. The van der Waals surface area contributed by atoms with E-state index < -0.39 is 30.8 Å². The monoisotopic (exact) mass is 329 g/mol. The number of hydrogen-bond acceptors (Lipinski definition) is 3. The molecular weight excluding hydrogens is 318 g/mol. The molecule has 0 fully saturated rings. The van der Waals surface area contributed by atoms with Crippen molar-refractivity contribution in [1.82, 2.24) is 0 Å². The van der Waals surface area contributed by atoms with Crippen LogP contribution in [-0.4, -0.2) is 19.1 Å². The number of nitrogens with one attached hydrogen (secondary N) is 1. The van der Waals surface area contributed by atoms with E-state index in [0.29, 0.717) is 6.07 Å². The van der Waals surface area contributed by atoms with Crippen LogP contribution < -0.4 is 14.8 Å². The van der Waals surface area contributed by atoms with Gasteiger partial charge in [0.15, 0.2) is 18.2 Å². The van der Waals surface area contributed by atoms with Gasteiger partial charge in [0.2, 0.25) is 0 Å². The number of para-hydroxylation sites is 2. The topological polar surface area (TPSA) is 47.6 Å². The Kier molecular flexibility index (Phi) is 5.40. The maximum absolute atomic E-state index is 13.3. The number of halogens is 4. The summed E-state index contributed by atoms with van der Waals surface area (Å²) in [6, 6.07) is 8.19. The fourth-order valence-electron chi connectivity index (χ4n) is 1.69. The molecule has 23 heavy (non-hydrogen) atoms. The van der Waals surface area contributed by atoms with Gasteiger partial charge in [-0.25, -0.2) is 8.78 Å². The van der Waals surface area contributed by atoms with Crippen LogP contribution in [0.2, 0.25) is 0 Å². The van der Waals surface area contributed by atoms with Gasteiger partial charge in [0.25, 0.3) is 5.91 Å². The van der Waals surface area contributed by atoms with Crippen molar-refractivity contribution in [2.45, 2.75) is 6.61 Å². The molecule has 2 aromatic carbocycles. The van der Waals surface area contributed by atoms with Crippen LogP contribution in [0.1, 0.15) is 0 Å². The Bertz CT molecular complexity index is 694. The van der Waals surface area contributed by atoms with Gasteiger partial charge in [-0.3, -0.25) is 4.79 Å². The summed E-state index contributed by atoms with van der Waals surface area (Å²) in [5, 5.41) is 2.30. The van der Waals surface area contributed by atoms with E-state index in [4.69, 9.17) is 4.74 Å². The van der Waals surface area contributed by atoms with Crippen molar-refractivity contribution in [1.29, 1.82) is 0 Å². The molecule has 0 unspecified atom stereocenters. The molecule has 0 bridgehead atoms. The third-order valence-corrected chi connectivity index (χ3v) is 2.63. The lowest BCUT2D eigenvalue weighted by atomic mass is 10.3. The van der Waals surface area contributed by atoms with Crippen molar-refractivity contribution in [2.24, 2.45) is 0 Å². The van der Waals surface area contributed by atoms with Crippen LogP contribution in [0, 0.1) is 11.6 Å². The Morgan fingerprint density at radius 3 is 2.52 bits per heavy atom. The zero-order chi connectivity index (χ0) is 16.8. The SMILES string of the molecule is O=C(COc1ccc(F)cc1F)Nc1ccccc1OC(F)F. The number of benzene rings is 2. The van der Waals surface area contributed by atoms with Crippen LogP contribution in [0.15, 0.2) is 42.5 Å². The fourth-order valence-corrected chi connectivity index (χ4v) is 1.69. The Hall–Kier alpha value is -2.77. The molecule has 0 aromatic heterocycles. The van der Waals surface area contributed by atoms with Crippen LogP contribution in [0.25, 0.3) is 0 Å². The van der Waals surface area contributed by atoms with Gasteiger partial charge < -0.3 is 14.8 Å². The van der Waals surface area contributed by atoms with E-state index in [-0.39, 0.29) is 17.2 Å². The summed E-state index contributed by atoms with van der Waals surface area (Å²) in [4.78, 5) is 11.7. The summed E-state index contributed by atoms with van der Waals surface area (Å²) >= 11 is 0. The smallest absolute Gasteiger partial charge is 0.387 e. The first-order valence-electron chi connectivity index (χ1n) is 6.37. The molecule has 0 aliphatic rings. The van der Waals surface area contributed by atoms with E-state index in [0.717, 1.165) is 12.1 Å². The van der Waals surface area contributed by atoms with Gasteiger partial charge in [-0.05, 0) is 24.3 Å². The van der Waals surface area contributed by atoms with E-state index in [1.165, 1.54) is 24.3 Å². The second-order valence-electron chi connectivity index (χ2n) is 4.29. The quantitative estimate of drug-likeness (QED) is 0.824. The third-order valence-electron chi connectivity index (χ3n) is 2.63. The standard InChI is InChI=1S/C15H11F4NO3/c16-9-5-6-12(10(17)7-9)22-8-14(21)20-11-3-1-2-4-13(11)23-15(18)19/h1-7,15H,8H2,(H,20,21). The maximum atomic E-state index is 13.3. The minimum absolute atomic E-state index is 0.0148. The van der Waals surface area contributed by atoms with Crippen molar-refractivity contribution in [3.05, 3.63) is 54.1 Å². The minimum atomic E-state index is -3.04. The Morgan fingerprint density at radius 1 is 1.09 bits per heavy atom. The molecule has 0 aliphatic carbocycles. The van der Waals surface area contributed by atoms with E-state index in [9.17, 15) is 22.4 Å². The number of hydrogen-bond donors (Lipinski definition) is 1. The lowest BCUT2D eigenvalue weighted by Gasteiger charge is -2.12. The Labute approximate surface area is 128 Å². The summed E-state index contributed by atoms with van der Waals surface area (Å²) in [6.45, 7) is -3.64. The third kappa shape index (κ3) is 4.87. The molecule has 0 radical (unpaired) electrons. The average Bonchev–Trinajstić information content (AvgIpc) is 2.48. The minimum Gasteiger partial charge on any atom is -0.481 e. The highest BCUT2D eigenvalue weighted by Crippen LogP contribution is 2.25. The molecule has 2 rings (SSSR count). The largest absolute Gasteiger partial charge is 0.481 e. The van der Waals surface area contributed by atoms with Gasteiger partial charge in [-0.1, -0.05) is 12.1 Å². The van der Waals surface area contributed by atoms with E-state index in [2.05, 4.69) is 10.1 Å². The molecule has 2 aromatic rings. The summed E-state index contributed by atoms with van der Waals surface area (Å²) in [6.07, 6.45) is 0. The van der Waals surface area contributed by atoms with Gasteiger partial charge in [0, 0.05) is 6.07 Å².